The van der Waals surface area contributed by atoms with Gasteiger partial charge in [0.1, 0.15) is 4.88 Å². The van der Waals surface area contributed by atoms with Crippen LogP contribution < -0.4 is 5.32 Å². The van der Waals surface area contributed by atoms with Crippen LogP contribution in [-0.2, 0) is 19.4 Å². The molecule has 3 rings (SSSR count). The molecule has 0 radical (unpaired) electrons. The third-order valence-corrected chi connectivity index (χ3v) is 5.04. The first kappa shape index (κ1) is 13.3. The molecule has 1 aromatic carbocycles. The lowest BCUT2D eigenvalue weighted by atomic mass is 9.91. The summed E-state index contributed by atoms with van der Waals surface area (Å²) in [5.74, 6) is -0.831. The number of carboxylic acid groups (broad SMARTS) is 1. The summed E-state index contributed by atoms with van der Waals surface area (Å²) in [5, 5.41) is 12.6. The van der Waals surface area contributed by atoms with Crippen LogP contribution in [0.1, 0.15) is 32.6 Å². The number of carbonyl (C=O) groups is 1. The predicted molar refractivity (Wildman–Crippen MR) is 81.5 cm³/mol. The first-order valence-corrected chi connectivity index (χ1v) is 7.70. The lowest BCUT2D eigenvalue weighted by Gasteiger charge is -2.20. The minimum atomic E-state index is -0.831. The van der Waals surface area contributed by atoms with Gasteiger partial charge in [0.05, 0.1) is 0 Å². The molecule has 0 saturated carbocycles. The SMILES string of the molecule is CCc1sc(C(=O)O)cc1-c1cccc2c1CCNC2. The van der Waals surface area contributed by atoms with Gasteiger partial charge < -0.3 is 10.4 Å². The smallest absolute Gasteiger partial charge is 0.345 e. The van der Waals surface area contributed by atoms with Gasteiger partial charge in [0.15, 0.2) is 0 Å². The van der Waals surface area contributed by atoms with E-state index in [9.17, 15) is 9.90 Å². The van der Waals surface area contributed by atoms with Crippen LogP contribution in [-0.4, -0.2) is 17.6 Å². The number of aromatic carboxylic acids is 1. The molecule has 1 aromatic heterocycles. The average Bonchev–Trinajstić information content (AvgIpc) is 2.91. The summed E-state index contributed by atoms with van der Waals surface area (Å²) in [4.78, 5) is 12.8. The molecule has 4 heteroatoms. The van der Waals surface area contributed by atoms with Crippen molar-refractivity contribution >= 4 is 17.3 Å². The Morgan fingerprint density at radius 3 is 3.00 bits per heavy atom. The molecular formula is C16H17NO2S. The van der Waals surface area contributed by atoms with Crippen molar-refractivity contribution in [2.75, 3.05) is 6.54 Å². The molecule has 0 spiro atoms. The van der Waals surface area contributed by atoms with E-state index in [0.717, 1.165) is 36.4 Å². The Bertz CT molecular complexity index is 660. The highest BCUT2D eigenvalue weighted by molar-refractivity contribution is 7.14. The van der Waals surface area contributed by atoms with E-state index in [1.54, 1.807) is 0 Å². The van der Waals surface area contributed by atoms with Crippen LogP contribution in [0.2, 0.25) is 0 Å². The van der Waals surface area contributed by atoms with Crippen molar-refractivity contribution in [1.29, 1.82) is 0 Å². The van der Waals surface area contributed by atoms with E-state index in [1.165, 1.54) is 28.0 Å². The van der Waals surface area contributed by atoms with Crippen molar-refractivity contribution in [3.63, 3.8) is 0 Å². The number of rotatable bonds is 3. The van der Waals surface area contributed by atoms with Gasteiger partial charge in [-0.2, -0.15) is 0 Å². The molecule has 3 nitrogen and oxygen atoms in total. The Hall–Kier alpha value is -1.65. The van der Waals surface area contributed by atoms with E-state index in [4.69, 9.17) is 0 Å². The van der Waals surface area contributed by atoms with Gasteiger partial charge in [0, 0.05) is 11.4 Å². The van der Waals surface area contributed by atoms with Crippen molar-refractivity contribution in [3.8, 4) is 11.1 Å². The minimum Gasteiger partial charge on any atom is -0.477 e. The van der Waals surface area contributed by atoms with Gasteiger partial charge in [-0.05, 0) is 47.7 Å². The molecule has 2 aromatic rings. The zero-order chi connectivity index (χ0) is 14.1. The van der Waals surface area contributed by atoms with Crippen LogP contribution in [0, 0.1) is 0 Å². The summed E-state index contributed by atoms with van der Waals surface area (Å²) in [6.45, 7) is 3.97. The van der Waals surface area contributed by atoms with E-state index < -0.39 is 5.97 Å². The van der Waals surface area contributed by atoms with Crippen molar-refractivity contribution in [2.45, 2.75) is 26.3 Å². The number of benzene rings is 1. The molecule has 2 heterocycles. The normalized spacial score (nSPS) is 14.1. The van der Waals surface area contributed by atoms with E-state index in [2.05, 4.69) is 30.4 Å². The fourth-order valence-electron chi connectivity index (χ4n) is 2.81. The van der Waals surface area contributed by atoms with Gasteiger partial charge in [0.2, 0.25) is 0 Å². The van der Waals surface area contributed by atoms with Crippen LogP contribution in [0.5, 0.6) is 0 Å². The predicted octanol–water partition coefficient (Wildman–Crippen LogP) is 3.32. The first-order chi connectivity index (χ1) is 9.70. The summed E-state index contributed by atoms with van der Waals surface area (Å²) in [7, 11) is 0. The van der Waals surface area contributed by atoms with Crippen molar-refractivity contribution in [2.24, 2.45) is 0 Å². The van der Waals surface area contributed by atoms with Crippen LogP contribution >= 0.6 is 11.3 Å². The van der Waals surface area contributed by atoms with Gasteiger partial charge in [-0.3, -0.25) is 0 Å². The summed E-state index contributed by atoms with van der Waals surface area (Å²) in [6, 6.07) is 8.18. The number of thiophene rings is 1. The molecule has 0 amide bonds. The molecule has 1 aliphatic rings. The van der Waals surface area contributed by atoms with Crippen LogP contribution in [0.4, 0.5) is 0 Å². The quantitative estimate of drug-likeness (QED) is 0.910. The van der Waals surface area contributed by atoms with E-state index in [1.807, 2.05) is 6.07 Å². The van der Waals surface area contributed by atoms with Gasteiger partial charge in [-0.1, -0.05) is 25.1 Å². The highest BCUT2D eigenvalue weighted by Gasteiger charge is 2.19. The summed E-state index contributed by atoms with van der Waals surface area (Å²) < 4.78 is 0. The number of hydrogen-bond acceptors (Lipinski definition) is 3. The fourth-order valence-corrected chi connectivity index (χ4v) is 3.76. The van der Waals surface area contributed by atoms with Crippen molar-refractivity contribution < 1.29 is 9.90 Å². The molecule has 0 saturated heterocycles. The lowest BCUT2D eigenvalue weighted by molar-refractivity contribution is 0.0702. The number of carboxylic acids is 1. The molecule has 0 atom stereocenters. The lowest BCUT2D eigenvalue weighted by Crippen LogP contribution is -2.24. The molecule has 0 unspecified atom stereocenters. The second-order valence-electron chi connectivity index (χ2n) is 4.98. The molecule has 0 fully saturated rings. The molecule has 104 valence electrons. The summed E-state index contributed by atoms with van der Waals surface area (Å²) in [5.41, 5.74) is 5.02. The summed E-state index contributed by atoms with van der Waals surface area (Å²) in [6.07, 6.45) is 1.88. The molecule has 0 aliphatic carbocycles. The zero-order valence-corrected chi connectivity index (χ0v) is 12.2. The molecule has 0 bridgehead atoms. The standard InChI is InChI=1S/C16H17NO2S/c1-2-14-13(8-15(20-14)16(18)19)12-5-3-4-10-9-17-7-6-11(10)12/h3-5,8,17H,2,6-7,9H2,1H3,(H,18,19). The third kappa shape index (κ3) is 2.25. The second kappa shape index (κ2) is 5.38. The van der Waals surface area contributed by atoms with Crippen LogP contribution in [0.3, 0.4) is 0 Å². The van der Waals surface area contributed by atoms with Crippen molar-refractivity contribution in [1.82, 2.24) is 5.32 Å². The Labute approximate surface area is 122 Å². The molecule has 20 heavy (non-hydrogen) atoms. The maximum atomic E-state index is 11.2. The van der Waals surface area contributed by atoms with E-state index in [-0.39, 0.29) is 0 Å². The van der Waals surface area contributed by atoms with Gasteiger partial charge in [0.25, 0.3) is 0 Å². The Balaban J connectivity index is 2.15. The Kier molecular flexibility index (Phi) is 3.59. The maximum absolute atomic E-state index is 11.2. The number of hydrogen-bond donors (Lipinski definition) is 2. The van der Waals surface area contributed by atoms with E-state index in [0.29, 0.717) is 4.88 Å². The van der Waals surface area contributed by atoms with Crippen molar-refractivity contribution in [3.05, 3.63) is 45.1 Å². The van der Waals surface area contributed by atoms with E-state index >= 15 is 0 Å². The van der Waals surface area contributed by atoms with Crippen LogP contribution in [0.25, 0.3) is 11.1 Å². The second-order valence-corrected chi connectivity index (χ2v) is 6.11. The number of nitrogens with one attached hydrogen (secondary N) is 1. The Morgan fingerprint density at radius 2 is 2.25 bits per heavy atom. The third-order valence-electron chi connectivity index (χ3n) is 3.77. The topological polar surface area (TPSA) is 49.3 Å². The maximum Gasteiger partial charge on any atom is 0.345 e. The number of aryl methyl sites for hydroxylation is 1. The zero-order valence-electron chi connectivity index (χ0n) is 11.4. The highest BCUT2D eigenvalue weighted by atomic mass is 32.1. The monoisotopic (exact) mass is 287 g/mol. The first-order valence-electron chi connectivity index (χ1n) is 6.88. The minimum absolute atomic E-state index is 0.434. The fraction of sp³-hybridized carbons (Fsp3) is 0.312. The van der Waals surface area contributed by atoms with Gasteiger partial charge in [-0.15, -0.1) is 11.3 Å². The van der Waals surface area contributed by atoms with Gasteiger partial charge >= 0.3 is 5.97 Å². The average molecular weight is 287 g/mol. The largest absolute Gasteiger partial charge is 0.477 e. The Morgan fingerprint density at radius 1 is 1.40 bits per heavy atom. The number of fused-ring (bicyclic) bond motifs is 1. The molecule has 2 N–H and O–H groups in total. The summed E-state index contributed by atoms with van der Waals surface area (Å²) >= 11 is 1.40. The highest BCUT2D eigenvalue weighted by Crippen LogP contribution is 2.36. The molecular weight excluding hydrogens is 270 g/mol. The molecule has 1 aliphatic heterocycles. The van der Waals surface area contributed by atoms with Crippen LogP contribution in [0.15, 0.2) is 24.3 Å². The van der Waals surface area contributed by atoms with Gasteiger partial charge in [-0.25, -0.2) is 4.79 Å².